The smallest absolute Gasteiger partial charge is 0.337 e. The van der Waals surface area contributed by atoms with Gasteiger partial charge in [0.1, 0.15) is 0 Å². The normalized spacial score (nSPS) is 20.5. The summed E-state index contributed by atoms with van der Waals surface area (Å²) in [7, 11) is -2.36. The first kappa shape index (κ1) is 23.2. The molecule has 2 aliphatic rings. The van der Waals surface area contributed by atoms with Crippen LogP contribution in [0.4, 0.5) is 11.4 Å². The summed E-state index contributed by atoms with van der Waals surface area (Å²) in [6.07, 6.45) is 5.22. The zero-order chi connectivity index (χ0) is 24.7. The number of methoxy groups -OCH3 is 1. The van der Waals surface area contributed by atoms with Crippen LogP contribution in [0.3, 0.4) is 0 Å². The quantitative estimate of drug-likeness (QED) is 0.355. The van der Waals surface area contributed by atoms with Gasteiger partial charge in [-0.15, -0.1) is 0 Å². The van der Waals surface area contributed by atoms with Crippen LogP contribution in [-0.4, -0.2) is 21.5 Å². The third-order valence-corrected chi connectivity index (χ3v) is 8.47. The summed E-state index contributed by atoms with van der Waals surface area (Å²) in [6, 6.07) is 18.3. The lowest BCUT2D eigenvalue weighted by Gasteiger charge is -2.37. The van der Waals surface area contributed by atoms with Crippen molar-refractivity contribution in [2.45, 2.75) is 37.1 Å². The Morgan fingerprint density at radius 2 is 1.77 bits per heavy atom. The zero-order valence-corrected chi connectivity index (χ0v) is 20.7. The number of allylic oxidation sites excluding steroid dienone is 2. The minimum Gasteiger partial charge on any atom is -0.465 e. The van der Waals surface area contributed by atoms with Crippen LogP contribution in [0.15, 0.2) is 77.7 Å². The lowest BCUT2D eigenvalue weighted by atomic mass is 9.77. The molecule has 6 nitrogen and oxygen atoms in total. The first-order valence-corrected chi connectivity index (χ1v) is 13.1. The number of hydrogen-bond donors (Lipinski definition) is 2. The SMILES string of the molecule is COC(=O)c1ccc([C@H]2Nc3ccc(S(=O)(=O)Nc4ccc(C)c(C)c4)cc3[C@@H]3C=CC[C@@H]23)cc1. The van der Waals surface area contributed by atoms with Gasteiger partial charge in [-0.25, -0.2) is 13.2 Å². The molecule has 0 spiro atoms. The molecule has 3 atom stereocenters. The number of fused-ring (bicyclic) bond motifs is 3. The number of rotatable bonds is 5. The summed E-state index contributed by atoms with van der Waals surface area (Å²) in [6.45, 7) is 3.96. The fraction of sp³-hybridized carbons (Fsp3) is 0.250. The molecule has 7 heteroatoms. The van der Waals surface area contributed by atoms with Gasteiger partial charge in [0.05, 0.1) is 23.6 Å². The van der Waals surface area contributed by atoms with Crippen molar-refractivity contribution in [2.24, 2.45) is 5.92 Å². The number of anilines is 2. The highest BCUT2D eigenvalue weighted by Crippen LogP contribution is 2.50. The van der Waals surface area contributed by atoms with Crippen LogP contribution in [0.1, 0.15) is 51.0 Å². The monoisotopic (exact) mass is 488 g/mol. The maximum atomic E-state index is 13.2. The van der Waals surface area contributed by atoms with E-state index in [1.54, 1.807) is 30.3 Å². The van der Waals surface area contributed by atoms with Gasteiger partial charge in [-0.05, 0) is 90.9 Å². The first-order valence-electron chi connectivity index (χ1n) is 11.6. The molecule has 0 saturated carbocycles. The molecule has 0 radical (unpaired) electrons. The second-order valence-corrected chi connectivity index (χ2v) is 10.9. The molecule has 180 valence electrons. The molecule has 0 unspecified atom stereocenters. The second-order valence-electron chi connectivity index (χ2n) is 9.24. The van der Waals surface area contributed by atoms with Crippen molar-refractivity contribution >= 4 is 27.4 Å². The van der Waals surface area contributed by atoms with E-state index in [4.69, 9.17) is 4.74 Å². The van der Waals surface area contributed by atoms with Crippen molar-refractivity contribution in [2.75, 3.05) is 17.1 Å². The maximum absolute atomic E-state index is 13.2. The molecule has 1 heterocycles. The highest BCUT2D eigenvalue weighted by atomic mass is 32.2. The Kier molecular flexibility index (Phi) is 5.89. The molecule has 0 bridgehead atoms. The Hall–Kier alpha value is -3.58. The van der Waals surface area contributed by atoms with Crippen LogP contribution in [0.25, 0.3) is 0 Å². The predicted molar refractivity (Wildman–Crippen MR) is 137 cm³/mol. The van der Waals surface area contributed by atoms with Crippen LogP contribution in [0.5, 0.6) is 0 Å². The van der Waals surface area contributed by atoms with Crippen LogP contribution in [-0.2, 0) is 14.8 Å². The Morgan fingerprint density at radius 1 is 1.00 bits per heavy atom. The molecule has 1 aliphatic carbocycles. The van der Waals surface area contributed by atoms with Gasteiger partial charge in [-0.3, -0.25) is 4.72 Å². The van der Waals surface area contributed by atoms with E-state index in [9.17, 15) is 13.2 Å². The Balaban J connectivity index is 1.44. The van der Waals surface area contributed by atoms with Crippen LogP contribution < -0.4 is 10.0 Å². The lowest BCUT2D eigenvalue weighted by Crippen LogP contribution is -2.29. The number of hydrogen-bond acceptors (Lipinski definition) is 5. The fourth-order valence-electron chi connectivity index (χ4n) is 5.03. The molecule has 5 rings (SSSR count). The van der Waals surface area contributed by atoms with Crippen molar-refractivity contribution in [1.29, 1.82) is 0 Å². The Labute approximate surface area is 206 Å². The summed E-state index contributed by atoms with van der Waals surface area (Å²) >= 11 is 0. The number of ether oxygens (including phenoxy) is 1. The van der Waals surface area contributed by atoms with E-state index in [-0.39, 0.29) is 28.7 Å². The second kappa shape index (κ2) is 8.89. The number of aryl methyl sites for hydroxylation is 2. The Bertz CT molecular complexity index is 1430. The average Bonchev–Trinajstić information content (AvgIpc) is 3.35. The van der Waals surface area contributed by atoms with E-state index in [2.05, 4.69) is 22.2 Å². The lowest BCUT2D eigenvalue weighted by molar-refractivity contribution is 0.0600. The average molecular weight is 489 g/mol. The fourth-order valence-corrected chi connectivity index (χ4v) is 6.12. The van der Waals surface area contributed by atoms with E-state index in [0.29, 0.717) is 11.3 Å². The topological polar surface area (TPSA) is 84.5 Å². The summed E-state index contributed by atoms with van der Waals surface area (Å²) < 4.78 is 33.9. The largest absolute Gasteiger partial charge is 0.465 e. The molecule has 0 aromatic heterocycles. The number of carbonyl (C=O) groups excluding carboxylic acids is 1. The van der Waals surface area contributed by atoms with E-state index >= 15 is 0 Å². The van der Waals surface area contributed by atoms with E-state index in [0.717, 1.165) is 34.4 Å². The summed E-state index contributed by atoms with van der Waals surface area (Å²) in [4.78, 5) is 12.1. The van der Waals surface area contributed by atoms with Crippen LogP contribution in [0, 0.1) is 19.8 Å². The van der Waals surface area contributed by atoms with Crippen molar-refractivity contribution in [3.05, 3.63) is 101 Å². The van der Waals surface area contributed by atoms with Gasteiger partial charge in [-0.2, -0.15) is 0 Å². The van der Waals surface area contributed by atoms with Crippen molar-refractivity contribution in [3.63, 3.8) is 0 Å². The van der Waals surface area contributed by atoms with Crippen LogP contribution in [0.2, 0.25) is 0 Å². The highest BCUT2D eigenvalue weighted by Gasteiger charge is 2.38. The Morgan fingerprint density at radius 3 is 2.49 bits per heavy atom. The first-order chi connectivity index (χ1) is 16.8. The minimum atomic E-state index is -3.73. The molecule has 0 amide bonds. The van der Waals surface area contributed by atoms with Crippen LogP contribution >= 0.6 is 0 Å². The van der Waals surface area contributed by atoms with E-state index in [1.807, 2.05) is 44.2 Å². The van der Waals surface area contributed by atoms with E-state index in [1.165, 1.54) is 7.11 Å². The number of carbonyl (C=O) groups is 1. The molecule has 35 heavy (non-hydrogen) atoms. The number of esters is 1. The molecule has 1 aliphatic heterocycles. The van der Waals surface area contributed by atoms with Gasteiger partial charge < -0.3 is 10.1 Å². The highest BCUT2D eigenvalue weighted by molar-refractivity contribution is 7.92. The van der Waals surface area contributed by atoms with Gasteiger partial charge in [0, 0.05) is 17.3 Å². The van der Waals surface area contributed by atoms with E-state index < -0.39 is 10.0 Å². The van der Waals surface area contributed by atoms with Gasteiger partial charge in [0.15, 0.2) is 0 Å². The maximum Gasteiger partial charge on any atom is 0.337 e. The van der Waals surface area contributed by atoms with Crippen molar-refractivity contribution in [1.82, 2.24) is 0 Å². The third kappa shape index (κ3) is 4.32. The third-order valence-electron chi connectivity index (χ3n) is 7.09. The number of sulfonamides is 1. The molecule has 0 fully saturated rings. The zero-order valence-electron chi connectivity index (χ0n) is 19.9. The van der Waals surface area contributed by atoms with Gasteiger partial charge in [0.25, 0.3) is 10.0 Å². The van der Waals surface area contributed by atoms with Gasteiger partial charge >= 0.3 is 5.97 Å². The summed E-state index contributed by atoms with van der Waals surface area (Å²) in [5, 5.41) is 3.62. The predicted octanol–water partition coefficient (Wildman–Crippen LogP) is 5.72. The standard InChI is InChI=1S/C28H28N2O4S/c1-17-7-12-21(15-18(17)2)30-35(32,33)22-13-14-26-25(16-22)23-5-4-6-24(23)27(29-26)19-8-10-20(11-9-19)28(31)34-3/h4-5,7-16,23-24,27,29-30H,6H2,1-3H3/t23-,24-,27-/m1/s1. The van der Waals surface area contributed by atoms with Crippen molar-refractivity contribution < 1.29 is 17.9 Å². The molecule has 2 N–H and O–H groups in total. The number of nitrogens with one attached hydrogen (secondary N) is 2. The number of benzene rings is 3. The summed E-state index contributed by atoms with van der Waals surface area (Å²) in [5.74, 6) is -0.00695. The van der Waals surface area contributed by atoms with Gasteiger partial charge in [0.2, 0.25) is 0 Å². The molecular formula is C28H28N2O4S. The molecule has 0 saturated heterocycles. The molecule has 3 aromatic carbocycles. The van der Waals surface area contributed by atoms with Gasteiger partial charge in [-0.1, -0.05) is 30.4 Å². The van der Waals surface area contributed by atoms with Crippen molar-refractivity contribution in [3.8, 4) is 0 Å². The summed E-state index contributed by atoms with van der Waals surface area (Å²) in [5.41, 5.74) is 6.19. The minimum absolute atomic E-state index is 0.0466. The molecular weight excluding hydrogens is 460 g/mol. The molecule has 3 aromatic rings.